The second-order valence-electron chi connectivity index (χ2n) is 8.26. The van der Waals surface area contributed by atoms with Crippen molar-refractivity contribution in [3.8, 4) is 0 Å². The summed E-state index contributed by atoms with van der Waals surface area (Å²) in [6.45, 7) is 3.78. The quantitative estimate of drug-likeness (QED) is 0.849. The van der Waals surface area contributed by atoms with E-state index in [1.165, 1.54) is 0 Å². The highest BCUT2D eigenvalue weighted by molar-refractivity contribution is 5.99. The monoisotopic (exact) mass is 393 g/mol. The molecule has 2 heterocycles. The lowest BCUT2D eigenvalue weighted by molar-refractivity contribution is 0.0680. The van der Waals surface area contributed by atoms with Crippen molar-refractivity contribution in [2.45, 2.75) is 45.2 Å². The molecule has 152 valence electrons. The average Bonchev–Trinajstić information content (AvgIpc) is 3.58. The van der Waals surface area contributed by atoms with Crippen LogP contribution in [0.1, 0.15) is 64.9 Å². The zero-order chi connectivity index (χ0) is 20.4. The van der Waals surface area contributed by atoms with Gasteiger partial charge in [0, 0.05) is 38.1 Å². The Morgan fingerprint density at radius 3 is 2.48 bits per heavy atom. The topological polar surface area (TPSA) is 71.4 Å². The number of hydrogen-bond donors (Lipinski definition) is 1. The molecule has 0 bridgehead atoms. The molecule has 1 aliphatic carbocycles. The number of benzene rings is 1. The van der Waals surface area contributed by atoms with Crippen LogP contribution in [0.2, 0.25) is 0 Å². The van der Waals surface area contributed by atoms with Crippen LogP contribution in [-0.4, -0.2) is 34.4 Å². The van der Waals surface area contributed by atoms with Crippen LogP contribution < -0.4 is 10.7 Å². The van der Waals surface area contributed by atoms with E-state index in [2.05, 4.69) is 12.2 Å². The number of aromatic nitrogens is 1. The van der Waals surface area contributed by atoms with Crippen LogP contribution in [-0.2, 0) is 6.54 Å². The van der Waals surface area contributed by atoms with Gasteiger partial charge in [0.15, 0.2) is 0 Å². The predicted octanol–water partition coefficient (Wildman–Crippen LogP) is 2.99. The summed E-state index contributed by atoms with van der Waals surface area (Å²) < 4.78 is 1.87. The Hall–Kier alpha value is -2.89. The SMILES string of the molecule is C[C@H]1CCCN(C(=O)c2cn(C3CC3)cc(C(=O)NCc3ccccc3)c2=O)C1. The van der Waals surface area contributed by atoms with Crippen LogP contribution in [0.15, 0.2) is 47.5 Å². The van der Waals surface area contributed by atoms with E-state index >= 15 is 0 Å². The van der Waals surface area contributed by atoms with Crippen molar-refractivity contribution in [3.63, 3.8) is 0 Å². The number of nitrogens with zero attached hydrogens (tertiary/aromatic N) is 2. The van der Waals surface area contributed by atoms with Gasteiger partial charge in [-0.3, -0.25) is 14.4 Å². The molecule has 1 atom stereocenters. The van der Waals surface area contributed by atoms with Crippen molar-refractivity contribution in [2.75, 3.05) is 13.1 Å². The van der Waals surface area contributed by atoms with Gasteiger partial charge in [0.05, 0.1) is 0 Å². The largest absolute Gasteiger partial charge is 0.349 e. The summed E-state index contributed by atoms with van der Waals surface area (Å²) >= 11 is 0. The summed E-state index contributed by atoms with van der Waals surface area (Å²) in [5, 5.41) is 2.82. The van der Waals surface area contributed by atoms with Crippen molar-refractivity contribution in [1.29, 1.82) is 0 Å². The molecule has 0 spiro atoms. The third-order valence-corrected chi connectivity index (χ3v) is 5.73. The highest BCUT2D eigenvalue weighted by Gasteiger charge is 2.29. The Morgan fingerprint density at radius 2 is 1.79 bits per heavy atom. The first-order chi connectivity index (χ1) is 14.0. The number of amides is 2. The second-order valence-corrected chi connectivity index (χ2v) is 8.26. The predicted molar refractivity (Wildman–Crippen MR) is 111 cm³/mol. The molecule has 6 nitrogen and oxygen atoms in total. The van der Waals surface area contributed by atoms with Gasteiger partial charge in [-0.2, -0.15) is 0 Å². The Labute approximate surface area is 170 Å². The van der Waals surface area contributed by atoms with Crippen LogP contribution >= 0.6 is 0 Å². The molecule has 0 radical (unpaired) electrons. The maximum absolute atomic E-state index is 13.1. The minimum Gasteiger partial charge on any atom is -0.349 e. The molecule has 2 aliphatic rings. The summed E-state index contributed by atoms with van der Waals surface area (Å²) in [7, 11) is 0. The first kappa shape index (κ1) is 19.4. The van der Waals surface area contributed by atoms with Crippen molar-refractivity contribution < 1.29 is 9.59 Å². The van der Waals surface area contributed by atoms with Gasteiger partial charge in [-0.15, -0.1) is 0 Å². The number of carbonyl (C=O) groups excluding carboxylic acids is 2. The van der Waals surface area contributed by atoms with Crippen molar-refractivity contribution in [3.05, 3.63) is 69.6 Å². The average molecular weight is 393 g/mol. The van der Waals surface area contributed by atoms with Gasteiger partial charge < -0.3 is 14.8 Å². The van der Waals surface area contributed by atoms with Gasteiger partial charge in [0.25, 0.3) is 11.8 Å². The molecule has 4 rings (SSSR count). The summed E-state index contributed by atoms with van der Waals surface area (Å²) in [5.41, 5.74) is 0.635. The van der Waals surface area contributed by atoms with Crippen LogP contribution in [0, 0.1) is 5.92 Å². The molecule has 0 unspecified atom stereocenters. The molecule has 1 N–H and O–H groups in total. The third kappa shape index (κ3) is 4.42. The molecule has 1 aromatic heterocycles. The molecule has 2 aromatic rings. The number of pyridine rings is 1. The Balaban J connectivity index is 1.60. The molecule has 2 amide bonds. The van der Waals surface area contributed by atoms with Gasteiger partial charge in [-0.1, -0.05) is 37.3 Å². The fraction of sp³-hybridized carbons (Fsp3) is 0.435. The lowest BCUT2D eigenvalue weighted by Crippen LogP contribution is -2.42. The molecular weight excluding hydrogens is 366 g/mol. The Morgan fingerprint density at radius 1 is 1.07 bits per heavy atom. The van der Waals surface area contributed by atoms with E-state index < -0.39 is 11.3 Å². The summed E-state index contributed by atoms with van der Waals surface area (Å²) in [4.78, 5) is 40.7. The standard InChI is InChI=1S/C23H27N3O3/c1-16-6-5-11-25(13-16)23(29)20-15-26(18-9-10-18)14-19(21(20)27)22(28)24-12-17-7-3-2-4-8-17/h2-4,7-8,14-16,18H,5-6,9-13H2,1H3,(H,24,28)/t16-/m0/s1. The summed E-state index contributed by atoms with van der Waals surface area (Å²) in [6.07, 6.45) is 7.30. The molecule has 1 aromatic carbocycles. The zero-order valence-electron chi connectivity index (χ0n) is 16.8. The fourth-order valence-electron chi connectivity index (χ4n) is 3.91. The van der Waals surface area contributed by atoms with E-state index in [1.807, 2.05) is 34.9 Å². The maximum Gasteiger partial charge on any atom is 0.259 e. The number of nitrogens with one attached hydrogen (secondary N) is 1. The number of likely N-dealkylation sites (tertiary alicyclic amines) is 1. The minimum atomic E-state index is -0.476. The summed E-state index contributed by atoms with van der Waals surface area (Å²) in [6, 6.07) is 9.82. The number of hydrogen-bond acceptors (Lipinski definition) is 3. The van der Waals surface area contributed by atoms with Gasteiger partial charge in [0.2, 0.25) is 5.43 Å². The molecule has 1 saturated carbocycles. The van der Waals surface area contributed by atoms with E-state index in [0.717, 1.165) is 31.2 Å². The van der Waals surface area contributed by atoms with Crippen molar-refractivity contribution in [2.24, 2.45) is 5.92 Å². The second kappa shape index (κ2) is 8.23. The van der Waals surface area contributed by atoms with E-state index in [1.54, 1.807) is 17.3 Å². The first-order valence-corrected chi connectivity index (χ1v) is 10.4. The van der Waals surface area contributed by atoms with Crippen LogP contribution in [0.4, 0.5) is 0 Å². The highest BCUT2D eigenvalue weighted by atomic mass is 16.2. The number of rotatable bonds is 5. The Bertz CT molecular complexity index is 963. The molecular formula is C23H27N3O3. The van der Waals surface area contributed by atoms with Crippen LogP contribution in [0.3, 0.4) is 0 Å². The van der Waals surface area contributed by atoms with Crippen LogP contribution in [0.25, 0.3) is 0 Å². The van der Waals surface area contributed by atoms with E-state index in [0.29, 0.717) is 25.6 Å². The van der Waals surface area contributed by atoms with Gasteiger partial charge >= 0.3 is 0 Å². The lowest BCUT2D eigenvalue weighted by Gasteiger charge is -2.31. The zero-order valence-corrected chi connectivity index (χ0v) is 16.8. The molecule has 1 aliphatic heterocycles. The third-order valence-electron chi connectivity index (χ3n) is 5.73. The Kier molecular flexibility index (Phi) is 5.51. The van der Waals surface area contributed by atoms with Crippen LogP contribution in [0.5, 0.6) is 0 Å². The van der Waals surface area contributed by atoms with Crippen molar-refractivity contribution in [1.82, 2.24) is 14.8 Å². The fourth-order valence-corrected chi connectivity index (χ4v) is 3.91. The lowest BCUT2D eigenvalue weighted by atomic mass is 9.99. The van der Waals surface area contributed by atoms with Gasteiger partial charge in [-0.25, -0.2) is 0 Å². The highest BCUT2D eigenvalue weighted by Crippen LogP contribution is 2.34. The van der Waals surface area contributed by atoms with Gasteiger partial charge in [-0.05, 0) is 37.2 Å². The normalized spacial score (nSPS) is 19.1. The first-order valence-electron chi connectivity index (χ1n) is 10.4. The van der Waals surface area contributed by atoms with Gasteiger partial charge in [0.1, 0.15) is 11.1 Å². The van der Waals surface area contributed by atoms with E-state index in [-0.39, 0.29) is 23.1 Å². The van der Waals surface area contributed by atoms with Crippen molar-refractivity contribution >= 4 is 11.8 Å². The smallest absolute Gasteiger partial charge is 0.259 e. The minimum absolute atomic E-state index is 0.0451. The number of piperidine rings is 1. The molecule has 2 fully saturated rings. The van der Waals surface area contributed by atoms with E-state index in [9.17, 15) is 14.4 Å². The molecule has 29 heavy (non-hydrogen) atoms. The molecule has 6 heteroatoms. The molecule has 1 saturated heterocycles. The maximum atomic E-state index is 13.1. The summed E-state index contributed by atoms with van der Waals surface area (Å²) in [5.74, 6) is -0.265. The van der Waals surface area contributed by atoms with E-state index in [4.69, 9.17) is 0 Å². The number of carbonyl (C=O) groups is 2.